The minimum atomic E-state index is -1.31. The Balaban J connectivity index is 2.50. The lowest BCUT2D eigenvalue weighted by molar-refractivity contribution is -0.161. The van der Waals surface area contributed by atoms with E-state index >= 15 is 0 Å². The fourth-order valence-corrected chi connectivity index (χ4v) is 2.26. The molecule has 112 valence electrons. The molecule has 0 bridgehead atoms. The molecule has 1 amide bonds. The maximum Gasteiger partial charge on any atom is 0.248 e. The van der Waals surface area contributed by atoms with Crippen LogP contribution in [-0.4, -0.2) is 47.3 Å². The van der Waals surface area contributed by atoms with Gasteiger partial charge in [-0.15, -0.1) is 0 Å². The number of aliphatic hydroxyl groups is 1. The summed E-state index contributed by atoms with van der Waals surface area (Å²) in [6.07, 6.45) is -1.44. The lowest BCUT2D eigenvalue weighted by Gasteiger charge is -2.32. The summed E-state index contributed by atoms with van der Waals surface area (Å²) < 4.78 is 16.9. The molecule has 1 unspecified atom stereocenters. The van der Waals surface area contributed by atoms with Gasteiger partial charge in [0.1, 0.15) is 0 Å². The molecule has 1 fully saturated rings. The van der Waals surface area contributed by atoms with Gasteiger partial charge < -0.3 is 25.1 Å². The Morgan fingerprint density at radius 1 is 1.58 bits per heavy atom. The topological polar surface area (TPSA) is 91.0 Å². The molecule has 1 saturated heterocycles. The molecular weight excluding hydrogens is 250 g/mol. The molecule has 0 aromatic carbocycles. The number of ether oxygens (including phenoxy) is 3. The number of hydrogen-bond acceptors (Lipinski definition) is 5. The van der Waals surface area contributed by atoms with Crippen LogP contribution >= 0.6 is 0 Å². The molecule has 0 spiro atoms. The van der Waals surface area contributed by atoms with Gasteiger partial charge in [-0.1, -0.05) is 0 Å². The monoisotopic (exact) mass is 275 g/mol. The smallest absolute Gasteiger partial charge is 0.248 e. The average Bonchev–Trinajstić information content (AvgIpc) is 2.54. The summed E-state index contributed by atoms with van der Waals surface area (Å²) >= 11 is 0. The van der Waals surface area contributed by atoms with Crippen molar-refractivity contribution < 1.29 is 24.1 Å². The van der Waals surface area contributed by atoms with Gasteiger partial charge in [-0.3, -0.25) is 4.79 Å². The number of rotatable bonds is 6. The average molecular weight is 275 g/mol. The van der Waals surface area contributed by atoms with E-state index in [4.69, 9.17) is 19.9 Å². The molecule has 3 atom stereocenters. The highest BCUT2D eigenvalue weighted by Crippen LogP contribution is 2.29. The van der Waals surface area contributed by atoms with Gasteiger partial charge in [0, 0.05) is 6.42 Å². The van der Waals surface area contributed by atoms with Crippen LogP contribution in [0.1, 0.15) is 41.0 Å². The first-order chi connectivity index (χ1) is 8.52. The molecule has 1 aliphatic rings. The lowest BCUT2D eigenvalue weighted by atomic mass is 10.00. The Morgan fingerprint density at radius 2 is 2.16 bits per heavy atom. The third-order valence-electron chi connectivity index (χ3n) is 3.03. The summed E-state index contributed by atoms with van der Waals surface area (Å²) in [5, 5.41) is 9.55. The minimum Gasteiger partial charge on any atom is -0.381 e. The van der Waals surface area contributed by atoms with Crippen LogP contribution in [0.2, 0.25) is 0 Å². The highest BCUT2D eigenvalue weighted by molar-refractivity contribution is 5.79. The van der Waals surface area contributed by atoms with E-state index in [2.05, 4.69) is 0 Å². The maximum atomic E-state index is 10.9. The summed E-state index contributed by atoms with van der Waals surface area (Å²) in [7, 11) is 0. The zero-order chi connectivity index (χ0) is 14.8. The van der Waals surface area contributed by atoms with Crippen molar-refractivity contribution in [2.45, 2.75) is 70.7 Å². The van der Waals surface area contributed by atoms with Crippen LogP contribution in [0.4, 0.5) is 0 Å². The van der Waals surface area contributed by atoms with E-state index in [0.717, 1.165) is 0 Å². The highest BCUT2D eigenvalue weighted by Gasteiger charge is 2.37. The van der Waals surface area contributed by atoms with Gasteiger partial charge in [-0.05, 0) is 34.6 Å². The van der Waals surface area contributed by atoms with Crippen LogP contribution in [0.25, 0.3) is 0 Å². The Hall–Kier alpha value is -0.690. The summed E-state index contributed by atoms with van der Waals surface area (Å²) in [6, 6.07) is 0. The van der Waals surface area contributed by atoms with Crippen molar-refractivity contribution in [3.05, 3.63) is 0 Å². The molecule has 1 aliphatic heterocycles. The molecule has 0 saturated carbocycles. The van der Waals surface area contributed by atoms with Gasteiger partial charge in [0.25, 0.3) is 0 Å². The van der Waals surface area contributed by atoms with Gasteiger partial charge in [-0.2, -0.15) is 0 Å². The second-order valence-electron chi connectivity index (χ2n) is 6.08. The number of carbonyl (C=O) groups is 1. The highest BCUT2D eigenvalue weighted by atomic mass is 16.7. The van der Waals surface area contributed by atoms with Crippen LogP contribution in [-0.2, 0) is 19.0 Å². The first kappa shape index (κ1) is 16.4. The molecule has 0 aromatic heterocycles. The van der Waals surface area contributed by atoms with E-state index in [1.807, 2.05) is 27.7 Å². The van der Waals surface area contributed by atoms with E-state index in [9.17, 15) is 9.90 Å². The zero-order valence-electron chi connectivity index (χ0n) is 12.3. The van der Waals surface area contributed by atoms with Crippen LogP contribution in [0, 0.1) is 0 Å². The SMILES string of the molecule is C[C@H](OC(C)(C)CC1COC(C)(C)O1)[C@@H](O)C(N)=O. The Labute approximate surface area is 114 Å². The zero-order valence-corrected chi connectivity index (χ0v) is 12.3. The number of primary amides is 1. The number of aliphatic hydroxyl groups excluding tert-OH is 1. The quantitative estimate of drug-likeness (QED) is 0.739. The molecular formula is C13H25NO5. The summed E-state index contributed by atoms with van der Waals surface area (Å²) in [6.45, 7) is 9.61. The normalized spacial score (nSPS) is 26.1. The molecule has 0 aliphatic carbocycles. The standard InChI is InChI=1S/C13H25NO5/c1-8(10(15)11(14)16)18-12(2,3)6-9-7-17-13(4,5)19-9/h8-10,15H,6-7H2,1-5H3,(H2,14,16)/t8-,9?,10+/m0/s1. The van der Waals surface area contributed by atoms with Crippen LogP contribution in [0.5, 0.6) is 0 Å². The molecule has 19 heavy (non-hydrogen) atoms. The summed E-state index contributed by atoms with van der Waals surface area (Å²) in [4.78, 5) is 10.9. The van der Waals surface area contributed by atoms with E-state index < -0.39 is 29.5 Å². The van der Waals surface area contributed by atoms with Crippen LogP contribution < -0.4 is 5.73 Å². The minimum absolute atomic E-state index is 0.0667. The summed E-state index contributed by atoms with van der Waals surface area (Å²) in [5.41, 5.74) is 4.49. The van der Waals surface area contributed by atoms with Crippen molar-refractivity contribution in [2.24, 2.45) is 5.73 Å². The van der Waals surface area contributed by atoms with Crippen molar-refractivity contribution in [3.8, 4) is 0 Å². The van der Waals surface area contributed by atoms with Crippen LogP contribution in [0.15, 0.2) is 0 Å². The van der Waals surface area contributed by atoms with Gasteiger partial charge in [-0.25, -0.2) is 0 Å². The van der Waals surface area contributed by atoms with E-state index in [1.54, 1.807) is 6.92 Å². The third kappa shape index (κ3) is 5.06. The Morgan fingerprint density at radius 3 is 2.58 bits per heavy atom. The van der Waals surface area contributed by atoms with Gasteiger partial charge >= 0.3 is 0 Å². The first-order valence-electron chi connectivity index (χ1n) is 6.49. The van der Waals surface area contributed by atoms with Gasteiger partial charge in [0.05, 0.1) is 24.4 Å². The predicted molar refractivity (Wildman–Crippen MR) is 69.3 cm³/mol. The van der Waals surface area contributed by atoms with Gasteiger partial charge in [0.15, 0.2) is 11.9 Å². The molecule has 3 N–H and O–H groups in total. The molecule has 6 heteroatoms. The maximum absolute atomic E-state index is 10.9. The van der Waals surface area contributed by atoms with E-state index in [0.29, 0.717) is 13.0 Å². The van der Waals surface area contributed by atoms with Crippen molar-refractivity contribution in [3.63, 3.8) is 0 Å². The largest absolute Gasteiger partial charge is 0.381 e. The summed E-state index contributed by atoms with van der Waals surface area (Å²) in [5.74, 6) is -1.36. The molecule has 0 radical (unpaired) electrons. The van der Waals surface area contributed by atoms with E-state index in [-0.39, 0.29) is 6.10 Å². The van der Waals surface area contributed by atoms with Crippen molar-refractivity contribution >= 4 is 5.91 Å². The first-order valence-corrected chi connectivity index (χ1v) is 6.49. The van der Waals surface area contributed by atoms with Crippen molar-refractivity contribution in [2.75, 3.05) is 6.61 Å². The number of hydrogen-bond donors (Lipinski definition) is 2. The number of nitrogens with two attached hydrogens (primary N) is 1. The Bertz CT molecular complexity index is 329. The van der Waals surface area contributed by atoms with E-state index in [1.165, 1.54) is 0 Å². The van der Waals surface area contributed by atoms with Crippen molar-refractivity contribution in [1.82, 2.24) is 0 Å². The molecule has 1 heterocycles. The lowest BCUT2D eigenvalue weighted by Crippen LogP contribution is -2.44. The molecule has 0 aromatic rings. The fraction of sp³-hybridized carbons (Fsp3) is 0.923. The molecule has 6 nitrogen and oxygen atoms in total. The third-order valence-corrected chi connectivity index (χ3v) is 3.03. The second kappa shape index (κ2) is 5.75. The predicted octanol–water partition coefficient (Wildman–Crippen LogP) is 0.558. The molecule has 1 rings (SSSR count). The van der Waals surface area contributed by atoms with Gasteiger partial charge in [0.2, 0.25) is 5.91 Å². The van der Waals surface area contributed by atoms with Crippen LogP contribution in [0.3, 0.4) is 0 Å². The fourth-order valence-electron chi connectivity index (χ4n) is 2.26. The van der Waals surface area contributed by atoms with Crippen molar-refractivity contribution in [1.29, 1.82) is 0 Å². The Kier molecular flexibility index (Phi) is 4.95. The second-order valence-corrected chi connectivity index (χ2v) is 6.08. The number of amides is 1. The number of carbonyl (C=O) groups excluding carboxylic acids is 1.